The molecule has 0 bridgehead atoms. The molecule has 0 aliphatic carbocycles. The molecule has 7 heteroatoms. The molecule has 0 aliphatic heterocycles. The van der Waals surface area contributed by atoms with Gasteiger partial charge in [-0.15, -0.1) is 0 Å². The second kappa shape index (κ2) is 5.67. The molecule has 0 saturated heterocycles. The van der Waals surface area contributed by atoms with Gasteiger partial charge in [-0.25, -0.2) is 4.98 Å². The maximum Gasteiger partial charge on any atom is 0.416 e. The fraction of sp³-hybridized carbons (Fsp3) is 0.176. The first-order valence-electron chi connectivity index (χ1n) is 7.10. The molecule has 124 valence electrons. The van der Waals surface area contributed by atoms with E-state index in [0.29, 0.717) is 11.1 Å². The van der Waals surface area contributed by atoms with Crippen molar-refractivity contribution in [1.82, 2.24) is 4.98 Å². The molecule has 0 aliphatic rings. The molecule has 2 aromatic heterocycles. The molecular formula is C17H13F3N2O2. The van der Waals surface area contributed by atoms with Gasteiger partial charge in [0.1, 0.15) is 5.52 Å². The van der Waals surface area contributed by atoms with Gasteiger partial charge in [-0.05, 0) is 43.7 Å². The summed E-state index contributed by atoms with van der Waals surface area (Å²) < 4.78 is 44.2. The summed E-state index contributed by atoms with van der Waals surface area (Å²) in [6.07, 6.45) is -4.48. The van der Waals surface area contributed by atoms with E-state index in [2.05, 4.69) is 10.3 Å². The first kappa shape index (κ1) is 16.0. The highest BCUT2D eigenvalue weighted by Crippen LogP contribution is 2.33. The molecule has 0 fully saturated rings. The van der Waals surface area contributed by atoms with E-state index in [1.165, 1.54) is 25.1 Å². The number of anilines is 1. The minimum atomic E-state index is -4.48. The number of pyridine rings is 1. The van der Waals surface area contributed by atoms with Gasteiger partial charge in [-0.3, -0.25) is 4.79 Å². The zero-order valence-electron chi connectivity index (χ0n) is 12.9. The van der Waals surface area contributed by atoms with Crippen LogP contribution in [-0.2, 0) is 6.18 Å². The van der Waals surface area contributed by atoms with Gasteiger partial charge in [-0.1, -0.05) is 6.07 Å². The first-order chi connectivity index (χ1) is 11.2. The number of aryl methyl sites for hydroxylation is 2. The van der Waals surface area contributed by atoms with Gasteiger partial charge in [-0.2, -0.15) is 13.2 Å². The lowest BCUT2D eigenvalue weighted by Gasteiger charge is -2.12. The normalized spacial score (nSPS) is 11.7. The summed E-state index contributed by atoms with van der Waals surface area (Å²) in [5, 5.41) is 2.41. The van der Waals surface area contributed by atoms with E-state index in [1.807, 2.05) is 0 Å². The molecule has 24 heavy (non-hydrogen) atoms. The number of alkyl halides is 3. The lowest BCUT2D eigenvalue weighted by Crippen LogP contribution is -2.13. The number of hydrogen-bond acceptors (Lipinski definition) is 3. The van der Waals surface area contributed by atoms with Gasteiger partial charge in [0, 0.05) is 17.4 Å². The predicted octanol–water partition coefficient (Wildman–Crippen LogP) is 4.72. The van der Waals surface area contributed by atoms with E-state index in [4.69, 9.17) is 4.42 Å². The monoisotopic (exact) mass is 334 g/mol. The molecule has 0 saturated carbocycles. The van der Waals surface area contributed by atoms with E-state index in [0.717, 1.165) is 11.8 Å². The zero-order valence-corrected chi connectivity index (χ0v) is 12.9. The Balaban J connectivity index is 1.88. The fourth-order valence-corrected chi connectivity index (χ4v) is 2.34. The maximum absolute atomic E-state index is 12.9. The molecule has 1 amide bonds. The lowest BCUT2D eigenvalue weighted by atomic mass is 10.1. The quantitative estimate of drug-likeness (QED) is 0.738. The topological polar surface area (TPSA) is 55.1 Å². The van der Waals surface area contributed by atoms with Crippen LogP contribution in [0.25, 0.3) is 11.1 Å². The van der Waals surface area contributed by atoms with Crippen LogP contribution in [0.1, 0.15) is 27.4 Å². The summed E-state index contributed by atoms with van der Waals surface area (Å²) in [5.74, 6) is -0.653. The number of rotatable bonds is 2. The van der Waals surface area contributed by atoms with E-state index in [-0.39, 0.29) is 17.0 Å². The van der Waals surface area contributed by atoms with Gasteiger partial charge < -0.3 is 9.73 Å². The average molecular weight is 334 g/mol. The second-order valence-corrected chi connectivity index (χ2v) is 5.43. The van der Waals surface area contributed by atoms with Crippen molar-refractivity contribution in [3.63, 3.8) is 0 Å². The van der Waals surface area contributed by atoms with Crippen molar-refractivity contribution in [2.24, 2.45) is 0 Å². The Kier molecular flexibility index (Phi) is 3.79. The fourth-order valence-electron chi connectivity index (χ4n) is 2.34. The number of amides is 1. The van der Waals surface area contributed by atoms with Crippen LogP contribution in [0.15, 0.2) is 40.8 Å². The Morgan fingerprint density at radius 3 is 2.58 bits per heavy atom. The number of furan rings is 1. The van der Waals surface area contributed by atoms with Gasteiger partial charge >= 0.3 is 6.18 Å². The second-order valence-electron chi connectivity index (χ2n) is 5.43. The minimum Gasteiger partial charge on any atom is -0.449 e. The molecule has 3 rings (SSSR count). The SMILES string of the molecule is Cc1ccc2oc(C(=O)Nc3ccc(C)c(C(F)(F)F)c3)cc2n1. The number of fused-ring (bicyclic) bond motifs is 1. The number of nitrogens with one attached hydrogen (secondary N) is 1. The third-order valence-corrected chi connectivity index (χ3v) is 3.54. The summed E-state index contributed by atoms with van der Waals surface area (Å²) in [6, 6.07) is 8.50. The van der Waals surface area contributed by atoms with Crippen LogP contribution in [0.3, 0.4) is 0 Å². The smallest absolute Gasteiger partial charge is 0.416 e. The Hall–Kier alpha value is -2.83. The number of carbonyl (C=O) groups excluding carboxylic acids is 1. The Bertz CT molecular complexity index is 929. The summed E-state index contributed by atoms with van der Waals surface area (Å²) >= 11 is 0. The largest absolute Gasteiger partial charge is 0.449 e. The Labute approximate surface area is 135 Å². The number of carbonyl (C=O) groups is 1. The summed E-state index contributed by atoms with van der Waals surface area (Å²) in [6.45, 7) is 3.17. The van der Waals surface area contributed by atoms with Crippen LogP contribution in [0.5, 0.6) is 0 Å². The number of aromatic nitrogens is 1. The van der Waals surface area contributed by atoms with Crippen molar-refractivity contribution in [3.05, 3.63) is 59.0 Å². The molecule has 0 unspecified atom stereocenters. The molecule has 0 atom stereocenters. The summed E-state index contributed by atoms with van der Waals surface area (Å²) in [5.41, 5.74) is 1.06. The maximum atomic E-state index is 12.9. The third-order valence-electron chi connectivity index (χ3n) is 3.54. The van der Waals surface area contributed by atoms with E-state index >= 15 is 0 Å². The van der Waals surface area contributed by atoms with Crippen LogP contribution in [0.2, 0.25) is 0 Å². The van der Waals surface area contributed by atoms with Crippen LogP contribution < -0.4 is 5.32 Å². The Morgan fingerprint density at radius 1 is 1.12 bits per heavy atom. The lowest BCUT2D eigenvalue weighted by molar-refractivity contribution is -0.138. The molecule has 1 aromatic carbocycles. The van der Waals surface area contributed by atoms with Crippen molar-refractivity contribution in [2.45, 2.75) is 20.0 Å². The van der Waals surface area contributed by atoms with Crippen molar-refractivity contribution >= 4 is 22.7 Å². The van der Waals surface area contributed by atoms with E-state index in [9.17, 15) is 18.0 Å². The van der Waals surface area contributed by atoms with Crippen LogP contribution in [0, 0.1) is 13.8 Å². The van der Waals surface area contributed by atoms with Gasteiger partial charge in [0.25, 0.3) is 5.91 Å². The van der Waals surface area contributed by atoms with Gasteiger partial charge in [0.15, 0.2) is 11.3 Å². The molecule has 0 radical (unpaired) electrons. The number of hydrogen-bond donors (Lipinski definition) is 1. The highest BCUT2D eigenvalue weighted by atomic mass is 19.4. The van der Waals surface area contributed by atoms with Crippen molar-refractivity contribution in [1.29, 1.82) is 0 Å². The number of benzene rings is 1. The number of halogens is 3. The standard InChI is InChI=1S/C17H13F3N2O2/c1-9-3-5-11(7-12(9)17(18,19)20)22-16(23)15-8-13-14(24-15)6-4-10(2)21-13/h3-8H,1-2H3,(H,22,23). The average Bonchev–Trinajstić information content (AvgIpc) is 2.91. The summed E-state index contributed by atoms with van der Waals surface area (Å²) in [7, 11) is 0. The van der Waals surface area contributed by atoms with Gasteiger partial charge in [0.2, 0.25) is 0 Å². The van der Waals surface area contributed by atoms with Crippen molar-refractivity contribution in [3.8, 4) is 0 Å². The zero-order chi connectivity index (χ0) is 17.5. The molecular weight excluding hydrogens is 321 g/mol. The van der Waals surface area contributed by atoms with Gasteiger partial charge in [0.05, 0.1) is 5.56 Å². The predicted molar refractivity (Wildman–Crippen MR) is 82.9 cm³/mol. The third kappa shape index (κ3) is 3.10. The van der Waals surface area contributed by atoms with Crippen LogP contribution in [0.4, 0.5) is 18.9 Å². The van der Waals surface area contributed by atoms with Crippen molar-refractivity contribution in [2.75, 3.05) is 5.32 Å². The molecule has 4 nitrogen and oxygen atoms in total. The highest BCUT2D eigenvalue weighted by molar-refractivity contribution is 6.04. The van der Waals surface area contributed by atoms with E-state index in [1.54, 1.807) is 19.1 Å². The van der Waals surface area contributed by atoms with Crippen LogP contribution in [-0.4, -0.2) is 10.9 Å². The molecule has 1 N–H and O–H groups in total. The molecule has 2 heterocycles. The van der Waals surface area contributed by atoms with Crippen LogP contribution >= 0.6 is 0 Å². The first-order valence-corrected chi connectivity index (χ1v) is 7.10. The minimum absolute atomic E-state index is 0.0165. The highest BCUT2D eigenvalue weighted by Gasteiger charge is 2.32. The number of nitrogens with zero attached hydrogens (tertiary/aromatic N) is 1. The van der Waals surface area contributed by atoms with Crippen molar-refractivity contribution < 1.29 is 22.4 Å². The van der Waals surface area contributed by atoms with E-state index < -0.39 is 17.6 Å². The molecule has 0 spiro atoms. The molecule has 3 aromatic rings. The summed E-state index contributed by atoms with van der Waals surface area (Å²) in [4.78, 5) is 16.4. The Morgan fingerprint density at radius 2 is 1.88 bits per heavy atom.